The lowest BCUT2D eigenvalue weighted by Crippen LogP contribution is -2.30. The molecule has 0 saturated heterocycles. The van der Waals surface area contributed by atoms with E-state index in [1.54, 1.807) is 0 Å². The third-order valence-corrected chi connectivity index (χ3v) is 14.2. The van der Waals surface area contributed by atoms with Gasteiger partial charge in [0.1, 0.15) is 13.2 Å². The fraction of sp³-hybridized carbons (Fsp3) is 0.689. The van der Waals surface area contributed by atoms with Crippen LogP contribution in [0.1, 0.15) is 310 Å². The molecule has 0 rings (SSSR count). The molecule has 0 aliphatic rings. The molecule has 0 heterocycles. The number of unbranched alkanes of at least 4 members (excludes halogenated alkanes) is 29. The number of hydrogen-bond donors (Lipinski definition) is 0. The van der Waals surface area contributed by atoms with Gasteiger partial charge in [-0.1, -0.05) is 296 Å². The van der Waals surface area contributed by atoms with Gasteiger partial charge in [-0.25, -0.2) is 0 Å². The van der Waals surface area contributed by atoms with E-state index in [-0.39, 0.29) is 31.1 Å². The van der Waals surface area contributed by atoms with Crippen molar-refractivity contribution in [1.29, 1.82) is 0 Å². The second-order valence-corrected chi connectivity index (χ2v) is 22.0. The number of allylic oxidation sites excluding steroid dienone is 20. The average molecular weight is 1110 g/mol. The molecule has 1 unspecified atom stereocenters. The Morgan fingerprint density at radius 2 is 0.487 bits per heavy atom. The fourth-order valence-electron chi connectivity index (χ4n) is 9.20. The van der Waals surface area contributed by atoms with E-state index in [1.807, 2.05) is 0 Å². The van der Waals surface area contributed by atoms with Crippen LogP contribution >= 0.6 is 0 Å². The van der Waals surface area contributed by atoms with Gasteiger partial charge in [0.2, 0.25) is 0 Å². The molecule has 0 aromatic carbocycles. The first-order chi connectivity index (χ1) is 39.5. The molecule has 0 aliphatic heterocycles. The monoisotopic (exact) mass is 1110 g/mol. The molecule has 0 aliphatic carbocycles. The Bertz CT molecular complexity index is 1650. The smallest absolute Gasteiger partial charge is 0.306 e. The first-order valence-corrected chi connectivity index (χ1v) is 33.5. The third-order valence-electron chi connectivity index (χ3n) is 14.2. The molecule has 80 heavy (non-hydrogen) atoms. The maximum absolute atomic E-state index is 12.9. The molecule has 0 bridgehead atoms. The zero-order chi connectivity index (χ0) is 57.8. The van der Waals surface area contributed by atoms with Crippen LogP contribution in [-0.4, -0.2) is 37.2 Å². The Hall–Kier alpha value is -4.19. The zero-order valence-corrected chi connectivity index (χ0v) is 52.3. The van der Waals surface area contributed by atoms with E-state index in [2.05, 4.69) is 142 Å². The molecule has 0 fully saturated rings. The topological polar surface area (TPSA) is 78.9 Å². The molecule has 0 spiro atoms. The summed E-state index contributed by atoms with van der Waals surface area (Å²) in [5.41, 5.74) is 0. The van der Waals surface area contributed by atoms with Gasteiger partial charge in [0.25, 0.3) is 0 Å². The molecule has 6 nitrogen and oxygen atoms in total. The summed E-state index contributed by atoms with van der Waals surface area (Å²) < 4.78 is 16.9. The van der Waals surface area contributed by atoms with Gasteiger partial charge >= 0.3 is 17.9 Å². The van der Waals surface area contributed by atoms with Gasteiger partial charge in [0, 0.05) is 19.3 Å². The molecule has 1 atom stereocenters. The van der Waals surface area contributed by atoms with Crippen LogP contribution in [0.25, 0.3) is 0 Å². The Morgan fingerprint density at radius 3 is 0.775 bits per heavy atom. The SMILES string of the molecule is CC/C=C\C/C=C\C/C=C\C/C=C\C/C=C\C/C=C\C/C=C\C/C=C\C/C=C\CCCCCCCCCC(=O)OCC(COC(=O)CCCCCCCCCCCCCCC)OC(=O)CCCCCCC/C=C\CCCCCCC. The van der Waals surface area contributed by atoms with Gasteiger partial charge in [-0.2, -0.15) is 0 Å². The van der Waals surface area contributed by atoms with Crippen LogP contribution in [0.2, 0.25) is 0 Å². The lowest BCUT2D eigenvalue weighted by molar-refractivity contribution is -0.167. The molecule has 456 valence electrons. The number of ether oxygens (including phenoxy) is 3. The molecule has 0 aromatic heterocycles. The van der Waals surface area contributed by atoms with Gasteiger partial charge in [-0.15, -0.1) is 0 Å². The van der Waals surface area contributed by atoms with Crippen LogP contribution in [0.3, 0.4) is 0 Å². The zero-order valence-electron chi connectivity index (χ0n) is 52.3. The lowest BCUT2D eigenvalue weighted by Gasteiger charge is -2.18. The van der Waals surface area contributed by atoms with Gasteiger partial charge in [0.05, 0.1) is 0 Å². The summed E-state index contributed by atoms with van der Waals surface area (Å²) in [5.74, 6) is -0.896. The van der Waals surface area contributed by atoms with E-state index >= 15 is 0 Å². The Morgan fingerprint density at radius 1 is 0.263 bits per heavy atom. The molecular formula is C74H124O6. The molecule has 0 aromatic rings. The van der Waals surface area contributed by atoms with Crippen LogP contribution in [0, 0.1) is 0 Å². The van der Waals surface area contributed by atoms with Gasteiger partial charge < -0.3 is 14.2 Å². The Balaban J connectivity index is 4.25. The highest BCUT2D eigenvalue weighted by Crippen LogP contribution is 2.16. The minimum Gasteiger partial charge on any atom is -0.462 e. The van der Waals surface area contributed by atoms with Gasteiger partial charge in [0.15, 0.2) is 6.10 Å². The summed E-state index contributed by atoms with van der Waals surface area (Å²) in [7, 11) is 0. The maximum Gasteiger partial charge on any atom is 0.306 e. The minimum atomic E-state index is -0.787. The fourth-order valence-corrected chi connectivity index (χ4v) is 9.20. The van der Waals surface area contributed by atoms with Crippen molar-refractivity contribution in [2.45, 2.75) is 316 Å². The highest BCUT2D eigenvalue weighted by Gasteiger charge is 2.19. The second-order valence-electron chi connectivity index (χ2n) is 22.0. The van der Waals surface area contributed by atoms with Gasteiger partial charge in [-0.05, 0) is 116 Å². The van der Waals surface area contributed by atoms with Gasteiger partial charge in [-0.3, -0.25) is 14.4 Å². The summed E-state index contributed by atoms with van der Waals surface area (Å²) in [6.45, 7) is 6.52. The summed E-state index contributed by atoms with van der Waals surface area (Å²) in [6.07, 6.45) is 93.5. The van der Waals surface area contributed by atoms with Crippen molar-refractivity contribution in [2.75, 3.05) is 13.2 Å². The van der Waals surface area contributed by atoms with Crippen LogP contribution < -0.4 is 0 Å². The van der Waals surface area contributed by atoms with Crippen molar-refractivity contribution in [1.82, 2.24) is 0 Å². The summed E-state index contributed by atoms with van der Waals surface area (Å²) in [4.78, 5) is 38.3. The Kier molecular flexibility index (Phi) is 63.8. The standard InChI is InChI=1S/C74H124O6/c1-4-7-10-13-16-19-22-25-27-28-29-30-31-32-33-34-35-36-37-38-39-40-41-42-43-44-45-46-47-50-52-55-58-61-64-67-73(76)79-70-71(69-78-72(75)66-63-60-57-54-51-48-24-21-18-15-12-9-6-3)80-74(77)68-65-62-59-56-53-49-26-23-20-17-14-11-8-5-2/h7,10,16,19,23,25-27,29-30,32-33,35-36,38-39,41-42,44-45,71H,4-6,8-9,11-15,17-18,20-22,24,28,31,34,37,40,43,46-70H2,1-3H3/b10-7-,19-16-,26-23-,27-25-,30-29-,33-32-,36-35-,39-38-,42-41-,45-44-. The van der Waals surface area contributed by atoms with Crippen LogP contribution in [0.4, 0.5) is 0 Å². The summed E-state index contributed by atoms with van der Waals surface area (Å²) in [5, 5.41) is 0. The minimum absolute atomic E-state index is 0.0828. The summed E-state index contributed by atoms with van der Waals surface area (Å²) in [6, 6.07) is 0. The summed E-state index contributed by atoms with van der Waals surface area (Å²) >= 11 is 0. The largest absolute Gasteiger partial charge is 0.462 e. The predicted octanol–water partition coefficient (Wildman–Crippen LogP) is 23.2. The molecule has 0 N–H and O–H groups in total. The van der Waals surface area contributed by atoms with E-state index in [0.717, 1.165) is 135 Å². The lowest BCUT2D eigenvalue weighted by atomic mass is 10.0. The van der Waals surface area contributed by atoms with Crippen LogP contribution in [0.15, 0.2) is 122 Å². The number of rotatable bonds is 60. The van der Waals surface area contributed by atoms with Crippen molar-refractivity contribution in [3.05, 3.63) is 122 Å². The van der Waals surface area contributed by atoms with E-state index in [4.69, 9.17) is 14.2 Å². The molecule has 0 saturated carbocycles. The van der Waals surface area contributed by atoms with Crippen molar-refractivity contribution < 1.29 is 28.6 Å². The molecule has 6 heteroatoms. The average Bonchev–Trinajstić information content (AvgIpc) is 3.46. The van der Waals surface area contributed by atoms with Crippen LogP contribution in [0.5, 0.6) is 0 Å². The van der Waals surface area contributed by atoms with Crippen molar-refractivity contribution in [2.24, 2.45) is 0 Å². The van der Waals surface area contributed by atoms with Crippen LogP contribution in [-0.2, 0) is 28.6 Å². The quantitative estimate of drug-likeness (QED) is 0.0261. The van der Waals surface area contributed by atoms with Crippen molar-refractivity contribution in [3.63, 3.8) is 0 Å². The number of carbonyl (C=O) groups is 3. The third kappa shape index (κ3) is 64.6. The number of hydrogen-bond acceptors (Lipinski definition) is 6. The molecule has 0 radical (unpaired) electrons. The Labute approximate surface area is 494 Å². The first-order valence-electron chi connectivity index (χ1n) is 33.5. The van der Waals surface area contributed by atoms with Crippen molar-refractivity contribution >= 4 is 17.9 Å². The normalized spacial score (nSPS) is 12.9. The van der Waals surface area contributed by atoms with E-state index in [9.17, 15) is 14.4 Å². The molecular weight excluding hydrogens is 985 g/mol. The maximum atomic E-state index is 12.9. The predicted molar refractivity (Wildman–Crippen MR) is 348 cm³/mol. The van der Waals surface area contributed by atoms with E-state index in [0.29, 0.717) is 19.3 Å². The van der Waals surface area contributed by atoms with Crippen molar-refractivity contribution in [3.8, 4) is 0 Å². The number of esters is 3. The second kappa shape index (κ2) is 67.3. The highest BCUT2D eigenvalue weighted by atomic mass is 16.6. The highest BCUT2D eigenvalue weighted by molar-refractivity contribution is 5.71. The van der Waals surface area contributed by atoms with E-state index < -0.39 is 6.10 Å². The number of carbonyl (C=O) groups excluding carboxylic acids is 3. The molecule has 0 amide bonds. The first kappa shape index (κ1) is 75.8. The van der Waals surface area contributed by atoms with E-state index in [1.165, 1.54) is 135 Å².